The molecule has 0 amide bonds. The predicted molar refractivity (Wildman–Crippen MR) is 52.3 cm³/mol. The molecule has 1 heterocycles. The molecule has 0 spiro atoms. The van der Waals surface area contributed by atoms with Gasteiger partial charge >= 0.3 is 0 Å². The van der Waals surface area contributed by atoms with Crippen LogP contribution in [0.15, 0.2) is 36.5 Å². The Morgan fingerprint density at radius 3 is 2.62 bits per heavy atom. The third kappa shape index (κ3) is 1.24. The van der Waals surface area contributed by atoms with Gasteiger partial charge in [-0.3, -0.25) is 0 Å². The van der Waals surface area contributed by atoms with Crippen LogP contribution in [0.4, 0.5) is 5.69 Å². The molecule has 0 unspecified atom stereocenters. The van der Waals surface area contributed by atoms with E-state index in [1.807, 2.05) is 12.1 Å². The smallest absolute Gasteiger partial charge is 0.126 e. The lowest BCUT2D eigenvalue weighted by atomic mass is 10.1. The summed E-state index contributed by atoms with van der Waals surface area (Å²) in [5.74, 6) is 0.197. The third-order valence-electron chi connectivity index (χ3n) is 1.94. The fraction of sp³-hybridized carbons (Fsp3) is 0. The summed E-state index contributed by atoms with van der Waals surface area (Å²) in [5, 5.41) is 9.56. The number of hydrogen-bond donors (Lipinski definition) is 3. The lowest BCUT2D eigenvalue weighted by molar-refractivity contribution is 0.477. The van der Waals surface area contributed by atoms with Crippen molar-refractivity contribution in [3.63, 3.8) is 0 Å². The maximum absolute atomic E-state index is 9.56. The van der Waals surface area contributed by atoms with E-state index >= 15 is 0 Å². The maximum Gasteiger partial charge on any atom is 0.126 e. The van der Waals surface area contributed by atoms with E-state index in [0.29, 0.717) is 11.3 Å². The van der Waals surface area contributed by atoms with Gasteiger partial charge in [0.1, 0.15) is 5.75 Å². The highest BCUT2D eigenvalue weighted by Gasteiger charge is 2.07. The molecular weight excluding hydrogens is 164 g/mol. The minimum atomic E-state index is 0.197. The summed E-state index contributed by atoms with van der Waals surface area (Å²) in [6, 6.07) is 8.83. The summed E-state index contributed by atoms with van der Waals surface area (Å²) >= 11 is 0. The molecule has 0 radical (unpaired) electrons. The van der Waals surface area contributed by atoms with Crippen molar-refractivity contribution in [1.82, 2.24) is 4.98 Å². The molecule has 2 aromatic rings. The fourth-order valence-corrected chi connectivity index (χ4v) is 1.34. The first-order valence-electron chi connectivity index (χ1n) is 4.00. The Bertz CT molecular complexity index is 387. The number of aromatic nitrogens is 1. The van der Waals surface area contributed by atoms with Crippen LogP contribution in [0.1, 0.15) is 0 Å². The van der Waals surface area contributed by atoms with E-state index < -0.39 is 0 Å². The standard InChI is InChI=1S/C10H10N2O/c11-7-3-1-5-9(13)10(7)8-4-2-6-12-8/h1-6,12-13H,11H2. The largest absolute Gasteiger partial charge is 0.507 e. The minimum Gasteiger partial charge on any atom is -0.507 e. The zero-order valence-electron chi connectivity index (χ0n) is 6.99. The van der Waals surface area contributed by atoms with Crippen LogP contribution in [-0.2, 0) is 0 Å². The Balaban J connectivity index is 2.64. The summed E-state index contributed by atoms with van der Waals surface area (Å²) in [5.41, 5.74) is 7.79. The summed E-state index contributed by atoms with van der Waals surface area (Å²) in [4.78, 5) is 3.00. The summed E-state index contributed by atoms with van der Waals surface area (Å²) in [7, 11) is 0. The number of nitrogens with two attached hydrogens (primary N) is 1. The number of anilines is 1. The van der Waals surface area contributed by atoms with Gasteiger partial charge in [-0.15, -0.1) is 0 Å². The molecule has 13 heavy (non-hydrogen) atoms. The molecule has 3 heteroatoms. The molecule has 1 aromatic carbocycles. The second-order valence-corrected chi connectivity index (χ2v) is 2.83. The Kier molecular flexibility index (Phi) is 1.70. The molecule has 1 aromatic heterocycles. The third-order valence-corrected chi connectivity index (χ3v) is 1.94. The van der Waals surface area contributed by atoms with Gasteiger partial charge in [-0.1, -0.05) is 6.07 Å². The van der Waals surface area contributed by atoms with Crippen LogP contribution in [0.3, 0.4) is 0 Å². The Morgan fingerprint density at radius 2 is 2.00 bits per heavy atom. The van der Waals surface area contributed by atoms with Crippen molar-refractivity contribution in [3.8, 4) is 17.0 Å². The SMILES string of the molecule is Nc1cccc(O)c1-c1ccc[nH]1. The van der Waals surface area contributed by atoms with Crippen molar-refractivity contribution >= 4 is 5.69 Å². The van der Waals surface area contributed by atoms with Gasteiger partial charge in [0.15, 0.2) is 0 Å². The normalized spacial score (nSPS) is 10.2. The highest BCUT2D eigenvalue weighted by Crippen LogP contribution is 2.32. The number of aromatic amines is 1. The molecule has 0 saturated heterocycles. The van der Waals surface area contributed by atoms with Crippen LogP contribution >= 0.6 is 0 Å². The summed E-state index contributed by atoms with van der Waals surface area (Å²) in [6.07, 6.45) is 1.79. The minimum absolute atomic E-state index is 0.197. The van der Waals surface area contributed by atoms with Gasteiger partial charge in [0, 0.05) is 11.9 Å². The molecule has 0 bridgehead atoms. The molecule has 0 fully saturated rings. The Morgan fingerprint density at radius 1 is 1.15 bits per heavy atom. The molecule has 2 rings (SSSR count). The number of phenolic OH excluding ortho intramolecular Hbond substituents is 1. The van der Waals surface area contributed by atoms with Gasteiger partial charge in [0.05, 0.1) is 11.3 Å². The molecule has 0 aliphatic carbocycles. The van der Waals surface area contributed by atoms with Crippen LogP contribution in [0.2, 0.25) is 0 Å². The van der Waals surface area contributed by atoms with Gasteiger partial charge in [-0.2, -0.15) is 0 Å². The molecular formula is C10H10N2O. The average molecular weight is 174 g/mol. The second-order valence-electron chi connectivity index (χ2n) is 2.83. The highest BCUT2D eigenvalue weighted by molar-refractivity contribution is 5.79. The van der Waals surface area contributed by atoms with Gasteiger partial charge in [-0.05, 0) is 24.3 Å². The second kappa shape index (κ2) is 2.86. The van der Waals surface area contributed by atoms with Gasteiger partial charge < -0.3 is 15.8 Å². The zero-order valence-corrected chi connectivity index (χ0v) is 6.99. The predicted octanol–water partition coefficient (Wildman–Crippen LogP) is 1.97. The Labute approximate surface area is 75.8 Å². The van der Waals surface area contributed by atoms with Crippen LogP contribution < -0.4 is 5.73 Å². The number of nitrogens with one attached hydrogen (secondary N) is 1. The van der Waals surface area contributed by atoms with E-state index in [1.165, 1.54) is 0 Å². The van der Waals surface area contributed by atoms with Crippen molar-refractivity contribution in [2.24, 2.45) is 0 Å². The van der Waals surface area contributed by atoms with E-state index in [2.05, 4.69) is 4.98 Å². The molecule has 0 atom stereocenters. The molecule has 3 nitrogen and oxygen atoms in total. The van der Waals surface area contributed by atoms with Crippen LogP contribution in [0.25, 0.3) is 11.3 Å². The topological polar surface area (TPSA) is 62.0 Å². The van der Waals surface area contributed by atoms with Crippen molar-refractivity contribution < 1.29 is 5.11 Å². The zero-order chi connectivity index (χ0) is 9.26. The van der Waals surface area contributed by atoms with Gasteiger partial charge in [-0.25, -0.2) is 0 Å². The number of aromatic hydroxyl groups is 1. The highest BCUT2D eigenvalue weighted by atomic mass is 16.3. The van der Waals surface area contributed by atoms with Crippen LogP contribution in [0, 0.1) is 0 Å². The number of hydrogen-bond acceptors (Lipinski definition) is 2. The monoisotopic (exact) mass is 174 g/mol. The van der Waals surface area contributed by atoms with Crippen molar-refractivity contribution in [2.75, 3.05) is 5.73 Å². The van der Waals surface area contributed by atoms with Gasteiger partial charge in [0.2, 0.25) is 0 Å². The molecule has 0 aliphatic heterocycles. The van der Waals surface area contributed by atoms with E-state index in [-0.39, 0.29) is 5.75 Å². The molecule has 4 N–H and O–H groups in total. The van der Waals surface area contributed by atoms with Crippen molar-refractivity contribution in [1.29, 1.82) is 0 Å². The van der Waals surface area contributed by atoms with Gasteiger partial charge in [0.25, 0.3) is 0 Å². The first-order valence-corrected chi connectivity index (χ1v) is 4.00. The maximum atomic E-state index is 9.56. The average Bonchev–Trinajstić information content (AvgIpc) is 2.57. The van der Waals surface area contributed by atoms with E-state index in [1.54, 1.807) is 24.4 Å². The number of benzene rings is 1. The molecule has 0 saturated carbocycles. The van der Waals surface area contributed by atoms with Crippen molar-refractivity contribution in [3.05, 3.63) is 36.5 Å². The first-order chi connectivity index (χ1) is 6.29. The van der Waals surface area contributed by atoms with E-state index in [4.69, 9.17) is 5.73 Å². The number of rotatable bonds is 1. The molecule has 66 valence electrons. The number of H-pyrrole nitrogens is 1. The lowest BCUT2D eigenvalue weighted by Crippen LogP contribution is -1.89. The van der Waals surface area contributed by atoms with Crippen molar-refractivity contribution in [2.45, 2.75) is 0 Å². The number of nitrogen functional groups attached to an aromatic ring is 1. The summed E-state index contributed by atoms with van der Waals surface area (Å²) in [6.45, 7) is 0. The lowest BCUT2D eigenvalue weighted by Gasteiger charge is -2.05. The van der Waals surface area contributed by atoms with E-state index in [0.717, 1.165) is 5.69 Å². The van der Waals surface area contributed by atoms with E-state index in [9.17, 15) is 5.11 Å². The number of phenols is 1. The first kappa shape index (κ1) is 7.73. The summed E-state index contributed by atoms with van der Waals surface area (Å²) < 4.78 is 0. The quantitative estimate of drug-likeness (QED) is 0.579. The fourth-order valence-electron chi connectivity index (χ4n) is 1.34. The van der Waals surface area contributed by atoms with Crippen LogP contribution in [-0.4, -0.2) is 10.1 Å². The van der Waals surface area contributed by atoms with Crippen LogP contribution in [0.5, 0.6) is 5.75 Å². The molecule has 0 aliphatic rings. The Hall–Kier alpha value is -1.90.